The van der Waals surface area contributed by atoms with Crippen molar-refractivity contribution in [3.05, 3.63) is 35.0 Å². The normalized spacial score (nSPS) is 10.8. The van der Waals surface area contributed by atoms with Crippen LogP contribution in [0, 0.1) is 13.8 Å². The molecule has 1 aromatic heterocycles. The lowest BCUT2D eigenvalue weighted by Gasteiger charge is -2.05. The molecular formula is C14H18N2O2. The molecule has 1 heterocycles. The lowest BCUT2D eigenvalue weighted by molar-refractivity contribution is 0.200. The minimum atomic E-state index is 0.365. The molecule has 0 aliphatic rings. The Balaban J connectivity index is 2.42. The zero-order valence-electron chi connectivity index (χ0n) is 11.0. The molecule has 4 nitrogen and oxygen atoms in total. The molecule has 0 bridgehead atoms. The van der Waals surface area contributed by atoms with E-state index in [1.54, 1.807) is 7.11 Å². The molecule has 0 saturated heterocycles. The number of nitrogens with two attached hydrogens (primary N) is 1. The SMILES string of the molecule is COCCc1noc(N)c1-c1ccc(C)c(C)c1. The van der Waals surface area contributed by atoms with Gasteiger partial charge < -0.3 is 15.0 Å². The second kappa shape index (κ2) is 5.23. The Hall–Kier alpha value is -1.81. The van der Waals surface area contributed by atoms with Crippen molar-refractivity contribution < 1.29 is 9.26 Å². The number of ether oxygens (including phenoxy) is 1. The molecular weight excluding hydrogens is 228 g/mol. The van der Waals surface area contributed by atoms with Crippen molar-refractivity contribution in [3.63, 3.8) is 0 Å². The summed E-state index contributed by atoms with van der Waals surface area (Å²) < 4.78 is 10.2. The molecule has 4 heteroatoms. The predicted octanol–water partition coefficient (Wildman–Crippen LogP) is 2.73. The van der Waals surface area contributed by atoms with Gasteiger partial charge >= 0.3 is 0 Å². The summed E-state index contributed by atoms with van der Waals surface area (Å²) in [5, 5.41) is 4.00. The van der Waals surface area contributed by atoms with Crippen molar-refractivity contribution in [2.45, 2.75) is 20.3 Å². The largest absolute Gasteiger partial charge is 0.384 e. The van der Waals surface area contributed by atoms with Crippen LogP contribution in [0.1, 0.15) is 16.8 Å². The van der Waals surface area contributed by atoms with E-state index in [1.807, 2.05) is 6.07 Å². The van der Waals surface area contributed by atoms with E-state index in [4.69, 9.17) is 15.0 Å². The van der Waals surface area contributed by atoms with Crippen LogP contribution in [0.15, 0.2) is 22.7 Å². The lowest BCUT2D eigenvalue weighted by atomic mass is 9.99. The van der Waals surface area contributed by atoms with Gasteiger partial charge in [-0.3, -0.25) is 0 Å². The zero-order valence-corrected chi connectivity index (χ0v) is 11.0. The molecule has 0 amide bonds. The standard InChI is InChI=1S/C14H18N2O2/c1-9-4-5-11(8-10(9)2)13-12(6-7-17-3)16-18-14(13)15/h4-5,8H,6-7,15H2,1-3H3. The van der Waals surface area contributed by atoms with E-state index in [0.29, 0.717) is 18.9 Å². The molecule has 18 heavy (non-hydrogen) atoms. The first-order valence-electron chi connectivity index (χ1n) is 5.94. The molecule has 2 rings (SSSR count). The van der Waals surface area contributed by atoms with Crippen LogP contribution in [0.25, 0.3) is 11.1 Å². The summed E-state index contributed by atoms with van der Waals surface area (Å²) in [6.45, 7) is 4.77. The van der Waals surface area contributed by atoms with Crippen LogP contribution < -0.4 is 5.73 Å². The van der Waals surface area contributed by atoms with Crippen LogP contribution in [0.2, 0.25) is 0 Å². The van der Waals surface area contributed by atoms with Crippen LogP contribution in [0.5, 0.6) is 0 Å². The van der Waals surface area contributed by atoms with Crippen molar-refractivity contribution in [2.75, 3.05) is 19.5 Å². The summed E-state index contributed by atoms with van der Waals surface area (Å²) in [7, 11) is 1.67. The minimum absolute atomic E-state index is 0.365. The number of nitrogens with zero attached hydrogens (tertiary/aromatic N) is 1. The molecule has 0 spiro atoms. The van der Waals surface area contributed by atoms with Crippen molar-refractivity contribution >= 4 is 5.88 Å². The Bertz CT molecular complexity index is 547. The first-order valence-corrected chi connectivity index (χ1v) is 5.94. The summed E-state index contributed by atoms with van der Waals surface area (Å²) >= 11 is 0. The Morgan fingerprint density at radius 2 is 2.06 bits per heavy atom. The molecule has 0 aliphatic heterocycles. The first kappa shape index (κ1) is 12.6. The molecule has 2 aromatic rings. The highest BCUT2D eigenvalue weighted by Crippen LogP contribution is 2.31. The number of nitrogen functional groups attached to an aromatic ring is 1. The van der Waals surface area contributed by atoms with Crippen LogP contribution in [0.3, 0.4) is 0 Å². The molecule has 96 valence electrons. The van der Waals surface area contributed by atoms with Gasteiger partial charge in [0.1, 0.15) is 0 Å². The molecule has 0 atom stereocenters. The average molecular weight is 246 g/mol. The van der Waals surface area contributed by atoms with E-state index in [2.05, 4.69) is 31.1 Å². The molecule has 0 fully saturated rings. The van der Waals surface area contributed by atoms with Gasteiger partial charge in [0, 0.05) is 13.5 Å². The summed E-state index contributed by atoms with van der Waals surface area (Å²) in [6, 6.07) is 6.23. The molecule has 0 saturated carbocycles. The third kappa shape index (κ3) is 2.38. The van der Waals surface area contributed by atoms with Gasteiger partial charge in [0.25, 0.3) is 0 Å². The number of aromatic nitrogens is 1. The van der Waals surface area contributed by atoms with Gasteiger partial charge in [0.05, 0.1) is 17.9 Å². The number of benzene rings is 1. The summed E-state index contributed by atoms with van der Waals surface area (Å²) in [4.78, 5) is 0. The molecule has 2 N–H and O–H groups in total. The summed E-state index contributed by atoms with van der Waals surface area (Å²) in [5.74, 6) is 0.365. The fraction of sp³-hybridized carbons (Fsp3) is 0.357. The number of anilines is 1. The topological polar surface area (TPSA) is 61.3 Å². The van der Waals surface area contributed by atoms with Gasteiger partial charge in [-0.05, 0) is 30.5 Å². The Kier molecular flexibility index (Phi) is 3.67. The van der Waals surface area contributed by atoms with E-state index in [0.717, 1.165) is 16.8 Å². The van der Waals surface area contributed by atoms with Crippen molar-refractivity contribution in [3.8, 4) is 11.1 Å². The van der Waals surface area contributed by atoms with E-state index >= 15 is 0 Å². The van der Waals surface area contributed by atoms with Gasteiger partial charge in [-0.15, -0.1) is 0 Å². The monoisotopic (exact) mass is 246 g/mol. The van der Waals surface area contributed by atoms with Crippen LogP contribution in [-0.2, 0) is 11.2 Å². The van der Waals surface area contributed by atoms with E-state index in [9.17, 15) is 0 Å². The highest BCUT2D eigenvalue weighted by molar-refractivity contribution is 5.75. The number of rotatable bonds is 4. The Morgan fingerprint density at radius 1 is 1.28 bits per heavy atom. The van der Waals surface area contributed by atoms with Gasteiger partial charge in [-0.1, -0.05) is 23.4 Å². The average Bonchev–Trinajstić information content (AvgIpc) is 2.71. The zero-order chi connectivity index (χ0) is 13.1. The second-order valence-corrected chi connectivity index (χ2v) is 4.41. The van der Waals surface area contributed by atoms with Crippen LogP contribution in [0.4, 0.5) is 5.88 Å². The quantitative estimate of drug-likeness (QED) is 0.901. The van der Waals surface area contributed by atoms with Crippen molar-refractivity contribution in [2.24, 2.45) is 0 Å². The predicted molar refractivity (Wildman–Crippen MR) is 71.4 cm³/mol. The van der Waals surface area contributed by atoms with Crippen LogP contribution >= 0.6 is 0 Å². The van der Waals surface area contributed by atoms with Crippen molar-refractivity contribution in [1.82, 2.24) is 5.16 Å². The van der Waals surface area contributed by atoms with E-state index < -0.39 is 0 Å². The van der Waals surface area contributed by atoms with Gasteiger partial charge in [-0.2, -0.15) is 0 Å². The number of hydrogen-bond donors (Lipinski definition) is 1. The summed E-state index contributed by atoms with van der Waals surface area (Å²) in [5.41, 5.74) is 11.1. The highest BCUT2D eigenvalue weighted by atomic mass is 16.5. The van der Waals surface area contributed by atoms with Gasteiger partial charge in [-0.25, -0.2) is 0 Å². The molecule has 0 unspecified atom stereocenters. The highest BCUT2D eigenvalue weighted by Gasteiger charge is 2.15. The minimum Gasteiger partial charge on any atom is -0.384 e. The smallest absolute Gasteiger partial charge is 0.230 e. The fourth-order valence-electron chi connectivity index (χ4n) is 1.91. The van der Waals surface area contributed by atoms with Gasteiger partial charge in [0.2, 0.25) is 5.88 Å². The van der Waals surface area contributed by atoms with Crippen molar-refractivity contribution in [1.29, 1.82) is 0 Å². The number of hydrogen-bond acceptors (Lipinski definition) is 4. The molecule has 1 aromatic carbocycles. The lowest BCUT2D eigenvalue weighted by Crippen LogP contribution is -1.97. The number of methoxy groups -OCH3 is 1. The first-order chi connectivity index (χ1) is 8.63. The maximum atomic E-state index is 5.86. The van der Waals surface area contributed by atoms with E-state index in [-0.39, 0.29) is 0 Å². The Labute approximate surface area is 107 Å². The molecule has 0 aliphatic carbocycles. The van der Waals surface area contributed by atoms with Crippen LogP contribution in [-0.4, -0.2) is 18.9 Å². The second-order valence-electron chi connectivity index (χ2n) is 4.41. The molecule has 0 radical (unpaired) electrons. The maximum Gasteiger partial charge on any atom is 0.230 e. The Morgan fingerprint density at radius 3 is 2.72 bits per heavy atom. The third-order valence-corrected chi connectivity index (χ3v) is 3.13. The fourth-order valence-corrected chi connectivity index (χ4v) is 1.91. The van der Waals surface area contributed by atoms with Gasteiger partial charge in [0.15, 0.2) is 0 Å². The third-order valence-electron chi connectivity index (χ3n) is 3.13. The number of aryl methyl sites for hydroxylation is 2. The summed E-state index contributed by atoms with van der Waals surface area (Å²) in [6.07, 6.45) is 0.694. The maximum absolute atomic E-state index is 5.86. The van der Waals surface area contributed by atoms with E-state index in [1.165, 1.54) is 11.1 Å².